The van der Waals surface area contributed by atoms with E-state index >= 15 is 0 Å². The number of hydrogen-bond acceptors (Lipinski definition) is 5. The van der Waals surface area contributed by atoms with Gasteiger partial charge in [0.15, 0.2) is 6.23 Å². The molecule has 4 heterocycles. The number of nitrogens with zero attached hydrogens (tertiary/aromatic N) is 3. The number of fused-ring (bicyclic) bond motifs is 2. The average molecular weight is 449 g/mol. The van der Waals surface area contributed by atoms with Gasteiger partial charge in [0.2, 0.25) is 0 Å². The first-order chi connectivity index (χ1) is 12.6. The maximum atomic E-state index is 12.7. The van der Waals surface area contributed by atoms with Crippen LogP contribution in [0, 0.1) is 6.92 Å². The molecule has 2 atom stereocenters. The van der Waals surface area contributed by atoms with E-state index in [0.717, 1.165) is 4.68 Å². The van der Waals surface area contributed by atoms with Crippen LogP contribution >= 0.6 is 15.9 Å². The topological polar surface area (TPSA) is 83.4 Å². The summed E-state index contributed by atoms with van der Waals surface area (Å²) in [5, 5.41) is 14.8. The van der Waals surface area contributed by atoms with Crippen molar-refractivity contribution in [3.05, 3.63) is 44.0 Å². The van der Waals surface area contributed by atoms with Gasteiger partial charge in [-0.3, -0.25) is 9.48 Å². The highest BCUT2D eigenvalue weighted by Gasteiger charge is 2.54. The molecule has 2 aromatic rings. The zero-order valence-corrected chi connectivity index (χ0v) is 15.8. The van der Waals surface area contributed by atoms with Crippen LogP contribution in [0.5, 0.6) is 0 Å². The van der Waals surface area contributed by atoms with E-state index in [4.69, 9.17) is 4.74 Å². The number of alkyl halides is 3. The largest absolute Gasteiger partial charge is 0.408 e. The average Bonchev–Trinajstić information content (AvgIpc) is 3.26. The molecule has 0 aromatic carbocycles. The number of H-pyrrole nitrogens is 1. The fourth-order valence-electron chi connectivity index (χ4n) is 3.96. The van der Waals surface area contributed by atoms with Gasteiger partial charge in [-0.25, -0.2) is 0 Å². The third-order valence-electron chi connectivity index (χ3n) is 5.11. The lowest BCUT2D eigenvalue weighted by molar-refractivity contribution is -0.142. The van der Waals surface area contributed by atoms with Crippen molar-refractivity contribution in [1.29, 1.82) is 0 Å². The summed E-state index contributed by atoms with van der Waals surface area (Å²) in [5.74, 6) is 0. The number of aromatic amines is 1. The Morgan fingerprint density at radius 2 is 2.26 bits per heavy atom. The van der Waals surface area contributed by atoms with E-state index in [9.17, 15) is 23.1 Å². The van der Waals surface area contributed by atoms with Crippen LogP contribution in [0.25, 0.3) is 0 Å². The van der Waals surface area contributed by atoms with Gasteiger partial charge in [-0.05, 0) is 28.4 Å². The molecule has 27 heavy (non-hydrogen) atoms. The van der Waals surface area contributed by atoms with E-state index in [1.807, 2.05) is 0 Å². The number of pyridine rings is 1. The summed E-state index contributed by atoms with van der Waals surface area (Å²) < 4.78 is 44.6. The van der Waals surface area contributed by atoms with Gasteiger partial charge in [-0.2, -0.15) is 18.3 Å². The lowest BCUT2D eigenvalue weighted by atomic mass is 9.92. The molecule has 0 saturated carbocycles. The molecule has 1 spiro atoms. The lowest BCUT2D eigenvalue weighted by Gasteiger charge is -2.36. The molecule has 146 valence electrons. The van der Waals surface area contributed by atoms with Gasteiger partial charge in [0.1, 0.15) is 12.1 Å². The zero-order chi connectivity index (χ0) is 19.6. The summed E-state index contributed by atoms with van der Waals surface area (Å²) in [7, 11) is 0. The van der Waals surface area contributed by atoms with Crippen LogP contribution in [0.3, 0.4) is 0 Å². The van der Waals surface area contributed by atoms with E-state index < -0.39 is 24.5 Å². The quantitative estimate of drug-likeness (QED) is 0.736. The van der Waals surface area contributed by atoms with Gasteiger partial charge in [0, 0.05) is 24.8 Å². The predicted molar refractivity (Wildman–Crippen MR) is 92.3 cm³/mol. The normalized spacial score (nSPS) is 24.8. The molecule has 0 aliphatic carbocycles. The van der Waals surface area contributed by atoms with Crippen LogP contribution in [0.4, 0.5) is 18.9 Å². The number of aliphatic hydroxyl groups excluding tert-OH is 1. The van der Waals surface area contributed by atoms with Gasteiger partial charge in [0.05, 0.1) is 28.7 Å². The van der Waals surface area contributed by atoms with Crippen LogP contribution in [-0.4, -0.2) is 39.3 Å². The molecule has 0 bridgehead atoms. The Morgan fingerprint density at radius 3 is 2.89 bits per heavy atom. The molecule has 7 nitrogen and oxygen atoms in total. The molecule has 0 radical (unpaired) electrons. The van der Waals surface area contributed by atoms with Crippen molar-refractivity contribution in [2.75, 3.05) is 18.1 Å². The number of halogens is 4. The van der Waals surface area contributed by atoms with Crippen LogP contribution in [0.15, 0.2) is 21.7 Å². The Labute approximate surface area is 159 Å². The van der Waals surface area contributed by atoms with Gasteiger partial charge in [0.25, 0.3) is 5.56 Å². The van der Waals surface area contributed by atoms with Gasteiger partial charge < -0.3 is 19.7 Å². The molecule has 1 saturated heterocycles. The van der Waals surface area contributed by atoms with Crippen molar-refractivity contribution in [1.82, 2.24) is 14.8 Å². The molecule has 2 aliphatic rings. The number of nitrogens with one attached hydrogen (secondary N) is 1. The number of rotatable bonds is 2. The fraction of sp³-hybridized carbons (Fsp3) is 0.500. The summed E-state index contributed by atoms with van der Waals surface area (Å²) in [6.45, 7) is 1.07. The maximum Gasteiger partial charge on any atom is 0.408 e. The number of ether oxygens (including phenoxy) is 1. The second-order valence-corrected chi connectivity index (χ2v) is 7.56. The van der Waals surface area contributed by atoms with Crippen LogP contribution in [-0.2, 0) is 16.8 Å². The van der Waals surface area contributed by atoms with Crippen molar-refractivity contribution in [2.24, 2.45) is 0 Å². The fourth-order valence-corrected chi connectivity index (χ4v) is 4.27. The van der Waals surface area contributed by atoms with Crippen LogP contribution in [0.2, 0.25) is 0 Å². The highest BCUT2D eigenvalue weighted by atomic mass is 79.9. The molecule has 2 N–H and O–H groups in total. The third kappa shape index (κ3) is 2.79. The van der Waals surface area contributed by atoms with Gasteiger partial charge in [-0.15, -0.1) is 0 Å². The first-order valence-corrected chi connectivity index (χ1v) is 9.00. The Hall–Kier alpha value is -1.85. The number of aromatic nitrogens is 3. The van der Waals surface area contributed by atoms with E-state index in [1.165, 1.54) is 12.4 Å². The summed E-state index contributed by atoms with van der Waals surface area (Å²) >= 11 is 3.22. The SMILES string of the molecule is Cc1c2c([nH]c(=O)c1Br)C1(CCOC1)N(c1cnn(CC(F)(F)F)c1)C2O. The minimum absolute atomic E-state index is 0.193. The van der Waals surface area contributed by atoms with Crippen molar-refractivity contribution in [2.45, 2.75) is 37.8 Å². The monoisotopic (exact) mass is 448 g/mol. The maximum absolute atomic E-state index is 12.7. The Kier molecular flexibility index (Phi) is 4.17. The molecule has 0 amide bonds. The molecule has 2 aliphatic heterocycles. The van der Waals surface area contributed by atoms with Gasteiger partial charge in [-0.1, -0.05) is 0 Å². The van der Waals surface area contributed by atoms with E-state index in [0.29, 0.717) is 40.0 Å². The van der Waals surface area contributed by atoms with Crippen LogP contribution in [0.1, 0.15) is 29.5 Å². The molecular formula is C16H16BrF3N4O3. The number of hydrogen-bond donors (Lipinski definition) is 2. The van der Waals surface area contributed by atoms with E-state index in [1.54, 1.807) is 11.8 Å². The van der Waals surface area contributed by atoms with Crippen molar-refractivity contribution >= 4 is 21.6 Å². The molecule has 2 unspecified atom stereocenters. The van der Waals surface area contributed by atoms with Gasteiger partial charge >= 0.3 is 6.18 Å². The Balaban J connectivity index is 1.84. The van der Waals surface area contributed by atoms with Crippen LogP contribution < -0.4 is 10.5 Å². The standard InChI is InChI=1S/C16H16BrF3N4O3/c1-8-10-12(22-13(25)11(8)17)15(2-3-27-7-15)24(14(10)26)9-4-21-23(5-9)6-16(18,19)20/h4-5,14,26H,2-3,6-7H2,1H3,(H,22,25). The lowest BCUT2D eigenvalue weighted by Crippen LogP contribution is -2.44. The Bertz CT molecular complexity index is 949. The predicted octanol–water partition coefficient (Wildman–Crippen LogP) is 2.33. The zero-order valence-electron chi connectivity index (χ0n) is 14.2. The minimum Gasteiger partial charge on any atom is -0.378 e. The van der Waals surface area contributed by atoms with E-state index in [-0.39, 0.29) is 12.2 Å². The summed E-state index contributed by atoms with van der Waals surface area (Å²) in [4.78, 5) is 16.7. The Morgan fingerprint density at radius 1 is 1.52 bits per heavy atom. The van der Waals surface area contributed by atoms with Crippen molar-refractivity contribution < 1.29 is 23.0 Å². The summed E-state index contributed by atoms with van der Waals surface area (Å²) in [6.07, 6.45) is -2.57. The smallest absolute Gasteiger partial charge is 0.378 e. The third-order valence-corrected chi connectivity index (χ3v) is 6.06. The second-order valence-electron chi connectivity index (χ2n) is 6.77. The van der Waals surface area contributed by atoms with Crippen molar-refractivity contribution in [3.63, 3.8) is 0 Å². The summed E-state index contributed by atoms with van der Waals surface area (Å²) in [6, 6.07) is 0. The number of aliphatic hydroxyl groups is 1. The second kappa shape index (κ2) is 6.08. The highest BCUT2D eigenvalue weighted by molar-refractivity contribution is 9.10. The molecule has 11 heteroatoms. The first-order valence-electron chi connectivity index (χ1n) is 8.21. The molecule has 1 fully saturated rings. The summed E-state index contributed by atoms with van der Waals surface area (Å²) in [5.41, 5.74) is 0.755. The van der Waals surface area contributed by atoms with Crippen molar-refractivity contribution in [3.8, 4) is 0 Å². The molecular weight excluding hydrogens is 433 g/mol. The van der Waals surface area contributed by atoms with E-state index in [2.05, 4.69) is 26.0 Å². The molecule has 2 aromatic heterocycles. The minimum atomic E-state index is -4.41. The first kappa shape index (κ1) is 18.5. The molecule has 4 rings (SSSR count). The highest BCUT2D eigenvalue weighted by Crippen LogP contribution is 2.51. The number of anilines is 1.